The summed E-state index contributed by atoms with van der Waals surface area (Å²) < 4.78 is 5.16. The average molecular weight is 394 g/mol. The van der Waals surface area contributed by atoms with Gasteiger partial charge in [-0.1, -0.05) is 6.42 Å². The van der Waals surface area contributed by atoms with Gasteiger partial charge in [-0.05, 0) is 50.4 Å². The summed E-state index contributed by atoms with van der Waals surface area (Å²) in [6, 6.07) is 0.951. The SMILES string of the molecule is COCCCN1CCC(NC(=NCC(=O)N(C)C)NC2CC3CCC2C3)CC1. The molecule has 160 valence electrons. The van der Waals surface area contributed by atoms with Gasteiger partial charge in [-0.15, -0.1) is 0 Å². The number of rotatable bonds is 8. The summed E-state index contributed by atoms with van der Waals surface area (Å²) in [6.45, 7) is 4.38. The van der Waals surface area contributed by atoms with Gasteiger partial charge in [-0.25, -0.2) is 4.99 Å². The van der Waals surface area contributed by atoms with Crippen molar-refractivity contribution in [2.75, 3.05) is 54.0 Å². The molecular formula is C21H39N5O2. The topological polar surface area (TPSA) is 69.2 Å². The number of fused-ring (bicyclic) bond motifs is 2. The van der Waals surface area contributed by atoms with Gasteiger partial charge in [0.25, 0.3) is 0 Å². The highest BCUT2D eigenvalue weighted by molar-refractivity contribution is 5.85. The van der Waals surface area contributed by atoms with E-state index in [1.165, 1.54) is 25.7 Å². The number of nitrogens with one attached hydrogen (secondary N) is 2. The van der Waals surface area contributed by atoms with Gasteiger partial charge in [-0.2, -0.15) is 0 Å². The van der Waals surface area contributed by atoms with E-state index in [1.807, 2.05) is 0 Å². The van der Waals surface area contributed by atoms with E-state index < -0.39 is 0 Å². The fraction of sp³-hybridized carbons (Fsp3) is 0.905. The molecule has 1 saturated heterocycles. The van der Waals surface area contributed by atoms with E-state index in [0.29, 0.717) is 12.1 Å². The predicted octanol–water partition coefficient (Wildman–Crippen LogP) is 1.30. The Hall–Kier alpha value is -1.34. The molecule has 1 heterocycles. The molecule has 1 aliphatic heterocycles. The summed E-state index contributed by atoms with van der Waals surface area (Å²) in [5, 5.41) is 7.32. The van der Waals surface area contributed by atoms with Crippen molar-refractivity contribution in [1.29, 1.82) is 0 Å². The van der Waals surface area contributed by atoms with E-state index in [9.17, 15) is 4.79 Å². The fourth-order valence-electron chi connectivity index (χ4n) is 4.94. The summed E-state index contributed by atoms with van der Waals surface area (Å²) >= 11 is 0. The normalized spacial score (nSPS) is 28.5. The molecule has 3 rings (SSSR count). The Morgan fingerprint density at radius 1 is 1.14 bits per heavy atom. The molecule has 2 bridgehead atoms. The Morgan fingerprint density at radius 3 is 2.54 bits per heavy atom. The standard InChI is InChI=1S/C21H39N5O2/c1-25(2)20(27)15-22-21(24-19-14-16-5-6-17(19)13-16)23-18-7-10-26(11-8-18)9-4-12-28-3/h16-19H,4-15H2,1-3H3,(H2,22,23,24). The van der Waals surface area contributed by atoms with Crippen LogP contribution < -0.4 is 10.6 Å². The van der Waals surface area contributed by atoms with E-state index in [4.69, 9.17) is 4.74 Å². The lowest BCUT2D eigenvalue weighted by Gasteiger charge is -2.34. The summed E-state index contributed by atoms with van der Waals surface area (Å²) in [7, 11) is 5.34. The molecule has 3 aliphatic rings. The lowest BCUT2D eigenvalue weighted by molar-refractivity contribution is -0.127. The predicted molar refractivity (Wildman–Crippen MR) is 112 cm³/mol. The Kier molecular flexibility index (Phi) is 7.97. The first-order valence-corrected chi connectivity index (χ1v) is 11.0. The van der Waals surface area contributed by atoms with Crippen LogP contribution in [0.4, 0.5) is 0 Å². The molecule has 3 fully saturated rings. The van der Waals surface area contributed by atoms with Gasteiger partial charge in [0.2, 0.25) is 5.91 Å². The molecule has 28 heavy (non-hydrogen) atoms. The lowest BCUT2D eigenvalue weighted by atomic mass is 9.95. The van der Waals surface area contributed by atoms with Gasteiger partial charge in [0.1, 0.15) is 6.54 Å². The van der Waals surface area contributed by atoms with Crippen LogP contribution in [0.5, 0.6) is 0 Å². The summed E-state index contributed by atoms with van der Waals surface area (Å²) in [5.74, 6) is 2.55. The van der Waals surface area contributed by atoms with Crippen LogP contribution in [0, 0.1) is 11.8 Å². The fourth-order valence-corrected chi connectivity index (χ4v) is 4.94. The minimum absolute atomic E-state index is 0.0435. The summed E-state index contributed by atoms with van der Waals surface area (Å²) in [5.41, 5.74) is 0. The third kappa shape index (κ3) is 6.08. The molecule has 2 saturated carbocycles. The second-order valence-electron chi connectivity index (χ2n) is 8.99. The van der Waals surface area contributed by atoms with Crippen LogP contribution in [0.2, 0.25) is 0 Å². The number of nitrogens with zero attached hydrogens (tertiary/aromatic N) is 3. The Bertz CT molecular complexity index is 531. The average Bonchev–Trinajstić information content (AvgIpc) is 3.30. The van der Waals surface area contributed by atoms with Crippen LogP contribution in [-0.4, -0.2) is 87.7 Å². The molecule has 7 heteroatoms. The zero-order chi connectivity index (χ0) is 19.9. The zero-order valence-electron chi connectivity index (χ0n) is 18.0. The van der Waals surface area contributed by atoms with Crippen molar-refractivity contribution in [2.24, 2.45) is 16.8 Å². The quantitative estimate of drug-likeness (QED) is 0.370. The molecule has 0 aromatic rings. The molecule has 0 aromatic carbocycles. The molecule has 2 N–H and O–H groups in total. The molecule has 1 amide bonds. The number of aliphatic imine (C=N–C) groups is 1. The lowest BCUT2D eigenvalue weighted by Crippen LogP contribution is -2.52. The monoisotopic (exact) mass is 393 g/mol. The number of amides is 1. The van der Waals surface area contributed by atoms with Crippen LogP contribution in [0.15, 0.2) is 4.99 Å². The number of piperidine rings is 1. The van der Waals surface area contributed by atoms with Gasteiger partial charge in [0.15, 0.2) is 5.96 Å². The van der Waals surface area contributed by atoms with Gasteiger partial charge < -0.3 is 25.2 Å². The maximum atomic E-state index is 12.0. The van der Waals surface area contributed by atoms with Crippen LogP contribution in [0.1, 0.15) is 44.9 Å². The third-order valence-corrected chi connectivity index (χ3v) is 6.68. The van der Waals surface area contributed by atoms with Gasteiger partial charge in [-0.3, -0.25) is 4.79 Å². The first kappa shape index (κ1) is 21.4. The Labute approximate surface area is 170 Å². The molecule has 0 aromatic heterocycles. The summed E-state index contributed by atoms with van der Waals surface area (Å²) in [4.78, 5) is 20.8. The number of guanidine groups is 1. The van der Waals surface area contributed by atoms with Crippen molar-refractivity contribution in [1.82, 2.24) is 20.4 Å². The maximum absolute atomic E-state index is 12.0. The first-order chi connectivity index (χ1) is 13.5. The third-order valence-electron chi connectivity index (χ3n) is 6.68. The molecule has 0 radical (unpaired) electrons. The van der Waals surface area contributed by atoms with Crippen LogP contribution in [0.3, 0.4) is 0 Å². The zero-order valence-corrected chi connectivity index (χ0v) is 18.0. The van der Waals surface area contributed by atoms with Crippen molar-refractivity contribution in [2.45, 2.75) is 57.0 Å². The van der Waals surface area contributed by atoms with Gasteiger partial charge >= 0.3 is 0 Å². The number of hydrogen-bond donors (Lipinski definition) is 2. The minimum atomic E-state index is 0.0435. The van der Waals surface area contributed by atoms with Gasteiger partial charge in [0.05, 0.1) is 0 Å². The number of carbonyl (C=O) groups is 1. The highest BCUT2D eigenvalue weighted by Gasteiger charge is 2.40. The van der Waals surface area contributed by atoms with Crippen molar-refractivity contribution < 1.29 is 9.53 Å². The molecule has 0 spiro atoms. The molecule has 3 atom stereocenters. The number of methoxy groups -OCH3 is 1. The van der Waals surface area contributed by atoms with E-state index in [2.05, 4.69) is 20.5 Å². The highest BCUT2D eigenvalue weighted by Crippen LogP contribution is 2.44. The van der Waals surface area contributed by atoms with Crippen molar-refractivity contribution >= 4 is 11.9 Å². The molecule has 2 aliphatic carbocycles. The first-order valence-electron chi connectivity index (χ1n) is 11.0. The van der Waals surface area contributed by atoms with E-state index >= 15 is 0 Å². The minimum Gasteiger partial charge on any atom is -0.385 e. The Balaban J connectivity index is 1.50. The van der Waals surface area contributed by atoms with Crippen LogP contribution >= 0.6 is 0 Å². The molecular weight excluding hydrogens is 354 g/mol. The number of ether oxygens (including phenoxy) is 1. The van der Waals surface area contributed by atoms with Crippen LogP contribution in [0.25, 0.3) is 0 Å². The number of carbonyl (C=O) groups excluding carboxylic acids is 1. The largest absolute Gasteiger partial charge is 0.385 e. The van der Waals surface area contributed by atoms with Gasteiger partial charge in [0, 0.05) is 59.5 Å². The van der Waals surface area contributed by atoms with Crippen molar-refractivity contribution in [3.05, 3.63) is 0 Å². The number of hydrogen-bond acceptors (Lipinski definition) is 4. The Morgan fingerprint density at radius 2 is 1.93 bits per heavy atom. The second-order valence-corrected chi connectivity index (χ2v) is 8.99. The maximum Gasteiger partial charge on any atom is 0.243 e. The summed E-state index contributed by atoms with van der Waals surface area (Å²) in [6.07, 6.45) is 8.68. The molecule has 3 unspecified atom stereocenters. The second kappa shape index (κ2) is 10.4. The van der Waals surface area contributed by atoms with Crippen molar-refractivity contribution in [3.8, 4) is 0 Å². The van der Waals surface area contributed by atoms with E-state index in [1.54, 1.807) is 26.1 Å². The molecule has 7 nitrogen and oxygen atoms in total. The van der Waals surface area contributed by atoms with E-state index in [-0.39, 0.29) is 12.5 Å². The highest BCUT2D eigenvalue weighted by atomic mass is 16.5. The number of likely N-dealkylation sites (N-methyl/N-ethyl adjacent to an activating group) is 1. The van der Waals surface area contributed by atoms with Crippen molar-refractivity contribution in [3.63, 3.8) is 0 Å². The van der Waals surface area contributed by atoms with E-state index in [0.717, 1.165) is 63.3 Å². The smallest absolute Gasteiger partial charge is 0.243 e. The van der Waals surface area contributed by atoms with Crippen LogP contribution in [-0.2, 0) is 9.53 Å². The number of likely N-dealkylation sites (tertiary alicyclic amines) is 1.